The second-order valence-corrected chi connectivity index (χ2v) is 10.9. The van der Waals surface area contributed by atoms with E-state index < -0.39 is 60.4 Å². The fourth-order valence-electron chi connectivity index (χ4n) is 5.56. The van der Waals surface area contributed by atoms with Gasteiger partial charge in [-0.05, 0) is 48.6 Å². The lowest BCUT2D eigenvalue weighted by atomic mass is 9.88. The highest BCUT2D eigenvalue weighted by atomic mass is 16.7. The van der Waals surface area contributed by atoms with Crippen LogP contribution in [0.15, 0.2) is 42.0 Å². The zero-order chi connectivity index (χ0) is 32.1. The van der Waals surface area contributed by atoms with Crippen molar-refractivity contribution >= 4 is 35.9 Å². The van der Waals surface area contributed by atoms with Crippen molar-refractivity contribution in [2.24, 2.45) is 0 Å². The first-order valence-electron chi connectivity index (χ1n) is 14.2. The van der Waals surface area contributed by atoms with Gasteiger partial charge in [0.2, 0.25) is 0 Å². The molecule has 4 rings (SSSR count). The molecule has 1 saturated heterocycles. The Labute approximate surface area is 255 Å². The monoisotopic (exact) mass is 608 g/mol. The molecule has 2 aromatic rings. The SMILES string of the molecule is CC(=O)OCC1OC(c2cc(CC3=Cc4cc(C)ccc4C3)ccc2OC(C)=O)[C@H](OC(C)=O)[C@@H](OC(C)=O)[C@@H]1OC(C)=O. The molecule has 1 aliphatic carbocycles. The molecule has 234 valence electrons. The largest absolute Gasteiger partial charge is 0.463 e. The molecule has 1 heterocycles. The first-order chi connectivity index (χ1) is 20.8. The van der Waals surface area contributed by atoms with Crippen molar-refractivity contribution in [2.75, 3.05) is 6.61 Å². The third-order valence-corrected chi connectivity index (χ3v) is 7.13. The minimum absolute atomic E-state index is 0.126. The van der Waals surface area contributed by atoms with Crippen molar-refractivity contribution in [1.82, 2.24) is 0 Å². The van der Waals surface area contributed by atoms with E-state index in [0.29, 0.717) is 12.0 Å². The van der Waals surface area contributed by atoms with Crippen LogP contribution in [0.3, 0.4) is 0 Å². The van der Waals surface area contributed by atoms with E-state index in [1.165, 1.54) is 31.9 Å². The standard InChI is InChI=1S/C33H36O11/c1-17-7-9-25-13-24(14-26(25)11-17)12-23-8-10-28(40-19(3)35)27(15-23)30-32(42-21(5)37)33(43-22(6)38)31(41-20(4)36)29(44-30)16-39-18(2)34/h7-11,14-15,29-33H,12-13,16H2,1-6H3/t29?,30?,31-,32+,33+/m1/s1. The summed E-state index contributed by atoms with van der Waals surface area (Å²) < 4.78 is 33.8. The van der Waals surface area contributed by atoms with E-state index in [0.717, 1.165) is 37.0 Å². The number of carbonyl (C=O) groups is 5. The molecule has 2 aromatic carbocycles. The molecule has 44 heavy (non-hydrogen) atoms. The Morgan fingerprint density at radius 3 is 2.07 bits per heavy atom. The van der Waals surface area contributed by atoms with Crippen LogP contribution >= 0.6 is 0 Å². The summed E-state index contributed by atoms with van der Waals surface area (Å²) in [5.74, 6) is -3.30. The second kappa shape index (κ2) is 13.9. The highest BCUT2D eigenvalue weighted by Gasteiger charge is 2.53. The number of rotatable bonds is 9. The molecule has 11 nitrogen and oxygen atoms in total. The Morgan fingerprint density at radius 2 is 1.43 bits per heavy atom. The molecule has 2 aliphatic rings. The maximum atomic E-state index is 12.3. The van der Waals surface area contributed by atoms with Crippen molar-refractivity contribution < 1.29 is 52.4 Å². The second-order valence-electron chi connectivity index (χ2n) is 10.9. The first kappa shape index (κ1) is 32.4. The minimum Gasteiger partial charge on any atom is -0.463 e. The number of carbonyl (C=O) groups excluding carboxylic acids is 5. The summed E-state index contributed by atoms with van der Waals surface area (Å²) in [6.07, 6.45) is -2.85. The van der Waals surface area contributed by atoms with Crippen molar-refractivity contribution in [3.8, 4) is 5.75 Å². The number of benzene rings is 2. The first-order valence-corrected chi connectivity index (χ1v) is 14.2. The summed E-state index contributed by atoms with van der Waals surface area (Å²) in [7, 11) is 0. The van der Waals surface area contributed by atoms with Gasteiger partial charge in [-0.1, -0.05) is 41.5 Å². The number of fused-ring (bicyclic) bond motifs is 1. The molecule has 0 spiro atoms. The molecular weight excluding hydrogens is 572 g/mol. The number of esters is 5. The van der Waals surface area contributed by atoms with Gasteiger partial charge in [0.25, 0.3) is 0 Å². The van der Waals surface area contributed by atoms with E-state index in [-0.39, 0.29) is 12.4 Å². The van der Waals surface area contributed by atoms with Crippen LogP contribution in [0.25, 0.3) is 6.08 Å². The van der Waals surface area contributed by atoms with Gasteiger partial charge >= 0.3 is 29.8 Å². The van der Waals surface area contributed by atoms with Gasteiger partial charge in [0, 0.05) is 40.2 Å². The van der Waals surface area contributed by atoms with Crippen molar-refractivity contribution in [3.05, 3.63) is 69.8 Å². The molecular formula is C33H36O11. The molecule has 0 radical (unpaired) electrons. The predicted octanol–water partition coefficient (Wildman–Crippen LogP) is 3.90. The van der Waals surface area contributed by atoms with Gasteiger partial charge < -0.3 is 28.4 Å². The normalized spacial score (nSPS) is 22.2. The molecule has 2 unspecified atom stereocenters. The van der Waals surface area contributed by atoms with Gasteiger partial charge in [-0.3, -0.25) is 24.0 Å². The smallest absolute Gasteiger partial charge is 0.308 e. The number of ether oxygens (including phenoxy) is 6. The summed E-state index contributed by atoms with van der Waals surface area (Å²) in [6, 6.07) is 11.5. The fraction of sp³-hybridized carbons (Fsp3) is 0.424. The summed E-state index contributed by atoms with van der Waals surface area (Å²) in [5.41, 5.74) is 5.89. The highest BCUT2D eigenvalue weighted by Crippen LogP contribution is 2.42. The Balaban J connectivity index is 1.79. The number of allylic oxidation sites excluding steroid dienone is 1. The van der Waals surface area contributed by atoms with Gasteiger partial charge in [0.05, 0.1) is 0 Å². The number of hydrogen-bond donors (Lipinski definition) is 0. The highest BCUT2D eigenvalue weighted by molar-refractivity contribution is 5.71. The minimum atomic E-state index is -1.36. The van der Waals surface area contributed by atoms with Gasteiger partial charge in [0.1, 0.15) is 24.6 Å². The molecule has 1 fully saturated rings. The molecule has 0 amide bonds. The predicted molar refractivity (Wildman–Crippen MR) is 155 cm³/mol. The van der Waals surface area contributed by atoms with E-state index >= 15 is 0 Å². The quantitative estimate of drug-likeness (QED) is 0.233. The Bertz CT molecular complexity index is 1490. The maximum absolute atomic E-state index is 12.3. The third-order valence-electron chi connectivity index (χ3n) is 7.13. The van der Waals surface area contributed by atoms with E-state index in [1.807, 2.05) is 13.0 Å². The van der Waals surface area contributed by atoms with E-state index in [4.69, 9.17) is 28.4 Å². The average Bonchev–Trinajstić information content (AvgIpc) is 3.31. The molecule has 1 aliphatic heterocycles. The average molecular weight is 609 g/mol. The molecule has 0 N–H and O–H groups in total. The molecule has 0 aromatic heterocycles. The van der Waals surface area contributed by atoms with E-state index in [2.05, 4.69) is 24.3 Å². The Kier molecular flexibility index (Phi) is 10.2. The van der Waals surface area contributed by atoms with Crippen LogP contribution in [0.4, 0.5) is 0 Å². The van der Waals surface area contributed by atoms with Crippen LogP contribution in [-0.4, -0.2) is 60.9 Å². The lowest BCUT2D eigenvalue weighted by Gasteiger charge is -2.44. The lowest BCUT2D eigenvalue weighted by Crippen LogP contribution is -2.59. The van der Waals surface area contributed by atoms with Gasteiger partial charge in [-0.15, -0.1) is 0 Å². The van der Waals surface area contributed by atoms with E-state index in [1.54, 1.807) is 12.1 Å². The molecule has 0 saturated carbocycles. The summed E-state index contributed by atoms with van der Waals surface area (Å²) in [6.45, 7) is 7.59. The molecule has 0 bridgehead atoms. The van der Waals surface area contributed by atoms with Crippen molar-refractivity contribution in [3.63, 3.8) is 0 Å². The van der Waals surface area contributed by atoms with Crippen LogP contribution in [0.2, 0.25) is 0 Å². The van der Waals surface area contributed by atoms with Gasteiger partial charge in [-0.25, -0.2) is 0 Å². The Hall–Kier alpha value is -4.51. The van der Waals surface area contributed by atoms with Gasteiger partial charge in [-0.2, -0.15) is 0 Å². The van der Waals surface area contributed by atoms with Crippen LogP contribution in [0.5, 0.6) is 5.75 Å². The fourth-order valence-corrected chi connectivity index (χ4v) is 5.56. The maximum Gasteiger partial charge on any atom is 0.308 e. The zero-order valence-electron chi connectivity index (χ0n) is 25.5. The molecule has 5 atom stereocenters. The summed E-state index contributed by atoms with van der Waals surface area (Å²) >= 11 is 0. The van der Waals surface area contributed by atoms with E-state index in [9.17, 15) is 24.0 Å². The van der Waals surface area contributed by atoms with Crippen molar-refractivity contribution in [2.45, 2.75) is 84.9 Å². The summed E-state index contributed by atoms with van der Waals surface area (Å²) in [4.78, 5) is 60.5. The topological polar surface area (TPSA) is 141 Å². The van der Waals surface area contributed by atoms with Crippen molar-refractivity contribution in [1.29, 1.82) is 0 Å². The number of hydrogen-bond acceptors (Lipinski definition) is 11. The Morgan fingerprint density at radius 1 is 0.773 bits per heavy atom. The van der Waals surface area contributed by atoms with Crippen LogP contribution in [-0.2, 0) is 60.5 Å². The van der Waals surface area contributed by atoms with Crippen LogP contribution in [0, 0.1) is 6.92 Å². The third kappa shape index (κ3) is 8.10. The van der Waals surface area contributed by atoms with Crippen LogP contribution < -0.4 is 4.74 Å². The van der Waals surface area contributed by atoms with Gasteiger partial charge in [0.15, 0.2) is 18.3 Å². The summed E-state index contributed by atoms with van der Waals surface area (Å²) in [5, 5.41) is 0. The zero-order valence-corrected chi connectivity index (χ0v) is 25.5. The number of aryl methyl sites for hydroxylation is 1. The van der Waals surface area contributed by atoms with Crippen LogP contribution in [0.1, 0.15) is 68.5 Å². The lowest BCUT2D eigenvalue weighted by molar-refractivity contribution is -0.254. The molecule has 11 heteroatoms.